The van der Waals surface area contributed by atoms with Crippen molar-refractivity contribution in [3.05, 3.63) is 28.7 Å². The van der Waals surface area contributed by atoms with Crippen molar-refractivity contribution in [2.45, 2.75) is 52.6 Å². The van der Waals surface area contributed by atoms with E-state index in [4.69, 9.17) is 4.52 Å². The highest BCUT2D eigenvalue weighted by Gasteiger charge is 2.28. The lowest BCUT2D eigenvalue weighted by molar-refractivity contribution is 0.0713. The highest BCUT2D eigenvalue weighted by atomic mass is 16.5. The summed E-state index contributed by atoms with van der Waals surface area (Å²) >= 11 is 0. The number of rotatable bonds is 2. The molecule has 7 nitrogen and oxygen atoms in total. The fraction of sp³-hybridized carbons (Fsp3) is 0.600. The van der Waals surface area contributed by atoms with Gasteiger partial charge in [-0.1, -0.05) is 5.16 Å². The first-order chi connectivity index (χ1) is 10.5. The first kappa shape index (κ1) is 14.7. The average Bonchev–Trinajstić information content (AvgIpc) is 2.93. The fourth-order valence-electron chi connectivity index (χ4n) is 3.14. The second-order valence-corrected chi connectivity index (χ2v) is 5.91. The molecule has 1 atom stereocenters. The predicted molar refractivity (Wildman–Crippen MR) is 79.6 cm³/mol. The normalized spacial score (nSPS) is 17.9. The molecule has 0 saturated heterocycles. The molecular formula is C15H21N5O2. The number of carbonyl (C=O) groups excluding carboxylic acids is 1. The Balaban J connectivity index is 1.76. The van der Waals surface area contributed by atoms with Crippen LogP contribution in [0.1, 0.15) is 46.3 Å². The summed E-state index contributed by atoms with van der Waals surface area (Å²) in [5.41, 5.74) is 1.23. The number of fused-ring (bicyclic) bond motifs is 1. The lowest BCUT2D eigenvalue weighted by Crippen LogP contribution is -2.37. The molecule has 0 N–H and O–H groups in total. The lowest BCUT2D eigenvalue weighted by atomic mass is 10.1. The molecule has 1 aliphatic rings. The van der Waals surface area contributed by atoms with Gasteiger partial charge in [0.1, 0.15) is 23.0 Å². The molecule has 1 unspecified atom stereocenters. The van der Waals surface area contributed by atoms with E-state index in [1.54, 1.807) is 13.8 Å². The largest absolute Gasteiger partial charge is 0.361 e. The highest BCUT2D eigenvalue weighted by Crippen LogP contribution is 2.22. The monoisotopic (exact) mass is 303 g/mol. The van der Waals surface area contributed by atoms with Crippen molar-refractivity contribution in [2.75, 3.05) is 7.05 Å². The maximum Gasteiger partial charge on any atom is 0.259 e. The van der Waals surface area contributed by atoms with E-state index in [9.17, 15) is 4.79 Å². The molecular weight excluding hydrogens is 282 g/mol. The minimum absolute atomic E-state index is 0.0179. The summed E-state index contributed by atoms with van der Waals surface area (Å²) in [6.07, 6.45) is 2.63. The van der Waals surface area contributed by atoms with E-state index in [0.29, 0.717) is 17.0 Å². The van der Waals surface area contributed by atoms with Crippen molar-refractivity contribution < 1.29 is 9.32 Å². The summed E-state index contributed by atoms with van der Waals surface area (Å²) in [4.78, 5) is 14.5. The fourth-order valence-corrected chi connectivity index (χ4v) is 3.14. The van der Waals surface area contributed by atoms with Crippen LogP contribution in [0.15, 0.2) is 4.52 Å². The molecule has 0 aromatic carbocycles. The Hall–Kier alpha value is -2.18. The predicted octanol–water partition coefficient (Wildman–Crippen LogP) is 1.67. The van der Waals surface area contributed by atoms with Crippen LogP contribution in [-0.2, 0) is 13.0 Å². The van der Waals surface area contributed by atoms with Gasteiger partial charge in [0.2, 0.25) is 0 Å². The third kappa shape index (κ3) is 2.40. The van der Waals surface area contributed by atoms with Crippen molar-refractivity contribution in [3.63, 3.8) is 0 Å². The van der Waals surface area contributed by atoms with Crippen molar-refractivity contribution in [1.29, 1.82) is 0 Å². The van der Waals surface area contributed by atoms with Crippen LogP contribution >= 0.6 is 0 Å². The van der Waals surface area contributed by atoms with E-state index in [-0.39, 0.29) is 11.9 Å². The van der Waals surface area contributed by atoms with Crippen LogP contribution in [0.2, 0.25) is 0 Å². The number of amides is 1. The van der Waals surface area contributed by atoms with Gasteiger partial charge in [-0.15, -0.1) is 10.2 Å². The molecule has 3 rings (SSSR count). The third-order valence-electron chi connectivity index (χ3n) is 4.51. The van der Waals surface area contributed by atoms with E-state index >= 15 is 0 Å². The van der Waals surface area contributed by atoms with Gasteiger partial charge >= 0.3 is 0 Å². The second kappa shape index (κ2) is 5.55. The number of hydrogen-bond acceptors (Lipinski definition) is 5. The van der Waals surface area contributed by atoms with Crippen LogP contribution in [0.25, 0.3) is 0 Å². The number of carbonyl (C=O) groups is 1. The minimum atomic E-state index is -0.0179. The first-order valence-corrected chi connectivity index (χ1v) is 7.57. The van der Waals surface area contributed by atoms with Crippen LogP contribution in [0.3, 0.4) is 0 Å². The molecule has 22 heavy (non-hydrogen) atoms. The highest BCUT2D eigenvalue weighted by molar-refractivity contribution is 5.96. The number of hydrogen-bond donors (Lipinski definition) is 0. The summed E-state index contributed by atoms with van der Waals surface area (Å²) in [5.74, 6) is 2.51. The first-order valence-electron chi connectivity index (χ1n) is 7.57. The van der Waals surface area contributed by atoms with Gasteiger partial charge in [-0.25, -0.2) is 0 Å². The molecule has 1 amide bonds. The maximum absolute atomic E-state index is 12.7. The molecule has 2 aromatic heterocycles. The van der Waals surface area contributed by atoms with E-state index in [2.05, 4.69) is 19.9 Å². The Morgan fingerprint density at radius 3 is 2.73 bits per heavy atom. The Morgan fingerprint density at radius 1 is 1.27 bits per heavy atom. The Labute approximate surface area is 129 Å². The van der Waals surface area contributed by atoms with Gasteiger partial charge in [-0.05, 0) is 33.6 Å². The quantitative estimate of drug-likeness (QED) is 0.843. The van der Waals surface area contributed by atoms with E-state index in [0.717, 1.165) is 37.5 Å². The number of aromatic nitrogens is 4. The van der Waals surface area contributed by atoms with Crippen LogP contribution in [0, 0.1) is 20.8 Å². The molecule has 0 saturated carbocycles. The zero-order valence-corrected chi connectivity index (χ0v) is 13.5. The molecule has 0 spiro atoms. The summed E-state index contributed by atoms with van der Waals surface area (Å²) in [6, 6.07) is 0.183. The Kier molecular flexibility index (Phi) is 3.72. The van der Waals surface area contributed by atoms with Crippen LogP contribution in [-0.4, -0.2) is 43.8 Å². The molecule has 0 radical (unpaired) electrons. The summed E-state index contributed by atoms with van der Waals surface area (Å²) < 4.78 is 7.26. The molecule has 0 fully saturated rings. The molecule has 0 aliphatic carbocycles. The summed E-state index contributed by atoms with van der Waals surface area (Å²) in [5, 5.41) is 12.2. The third-order valence-corrected chi connectivity index (χ3v) is 4.51. The zero-order chi connectivity index (χ0) is 15.9. The molecule has 1 aliphatic heterocycles. The zero-order valence-electron chi connectivity index (χ0n) is 13.5. The smallest absolute Gasteiger partial charge is 0.259 e. The minimum Gasteiger partial charge on any atom is -0.361 e. The Morgan fingerprint density at radius 2 is 2.05 bits per heavy atom. The molecule has 118 valence electrons. The van der Waals surface area contributed by atoms with Gasteiger partial charge < -0.3 is 14.0 Å². The van der Waals surface area contributed by atoms with Gasteiger partial charge in [0, 0.05) is 26.1 Å². The molecule has 3 heterocycles. The van der Waals surface area contributed by atoms with Crippen molar-refractivity contribution in [1.82, 2.24) is 24.8 Å². The van der Waals surface area contributed by atoms with Crippen molar-refractivity contribution in [2.24, 2.45) is 0 Å². The van der Waals surface area contributed by atoms with Crippen molar-refractivity contribution >= 4 is 5.91 Å². The van der Waals surface area contributed by atoms with Gasteiger partial charge in [0.15, 0.2) is 0 Å². The standard InChI is InChI=1S/C15H21N5O2/c1-9-14(10(2)22-18-9)15(21)19(4)12-5-6-13-17-16-11(3)20(13)8-7-12/h12H,5-8H2,1-4H3. The van der Waals surface area contributed by atoms with Gasteiger partial charge in [-0.3, -0.25) is 4.79 Å². The van der Waals surface area contributed by atoms with E-state index < -0.39 is 0 Å². The topological polar surface area (TPSA) is 77.1 Å². The van der Waals surface area contributed by atoms with Crippen molar-refractivity contribution in [3.8, 4) is 0 Å². The SMILES string of the molecule is Cc1noc(C)c1C(=O)N(C)C1CCc2nnc(C)n2CC1. The summed E-state index contributed by atoms with van der Waals surface area (Å²) in [6.45, 7) is 6.39. The second-order valence-electron chi connectivity index (χ2n) is 5.91. The lowest BCUT2D eigenvalue weighted by Gasteiger charge is -2.27. The van der Waals surface area contributed by atoms with Crippen LogP contribution in [0.5, 0.6) is 0 Å². The molecule has 0 bridgehead atoms. The average molecular weight is 303 g/mol. The van der Waals surface area contributed by atoms with Gasteiger partial charge in [0.25, 0.3) is 5.91 Å². The number of aryl methyl sites for hydroxylation is 4. The van der Waals surface area contributed by atoms with Gasteiger partial charge in [-0.2, -0.15) is 0 Å². The van der Waals surface area contributed by atoms with Crippen LogP contribution < -0.4 is 0 Å². The van der Waals surface area contributed by atoms with Gasteiger partial charge in [0.05, 0.1) is 5.69 Å². The van der Waals surface area contributed by atoms with E-state index in [1.807, 2.05) is 18.9 Å². The Bertz CT molecular complexity index is 683. The van der Waals surface area contributed by atoms with E-state index in [1.165, 1.54) is 0 Å². The maximum atomic E-state index is 12.7. The van der Waals surface area contributed by atoms with Crippen LogP contribution in [0.4, 0.5) is 0 Å². The molecule has 7 heteroatoms. The number of nitrogens with zero attached hydrogens (tertiary/aromatic N) is 5. The molecule has 2 aromatic rings. The summed E-state index contributed by atoms with van der Waals surface area (Å²) in [7, 11) is 1.86.